The Morgan fingerprint density at radius 1 is 1.00 bits per heavy atom. The molecular formula is C13H9Cl2FO. The number of halogens is 3. The summed E-state index contributed by atoms with van der Waals surface area (Å²) in [6.07, 6.45) is 0. The van der Waals surface area contributed by atoms with Gasteiger partial charge in [0, 0.05) is 21.2 Å². The Morgan fingerprint density at radius 2 is 1.76 bits per heavy atom. The molecule has 0 spiro atoms. The average Bonchev–Trinajstić information content (AvgIpc) is 2.32. The van der Waals surface area contributed by atoms with E-state index in [1.165, 1.54) is 6.07 Å². The molecule has 1 N–H and O–H groups in total. The lowest BCUT2D eigenvalue weighted by molar-refractivity contribution is 0.281. The van der Waals surface area contributed by atoms with Crippen LogP contribution in [0, 0.1) is 5.82 Å². The second-order valence-electron chi connectivity index (χ2n) is 3.60. The number of hydrogen-bond donors (Lipinski definition) is 1. The predicted octanol–water partition coefficient (Wildman–Crippen LogP) is 4.29. The van der Waals surface area contributed by atoms with E-state index in [1.807, 2.05) is 0 Å². The van der Waals surface area contributed by atoms with Crippen molar-refractivity contribution >= 4 is 23.2 Å². The molecule has 17 heavy (non-hydrogen) atoms. The third-order valence-electron chi connectivity index (χ3n) is 2.43. The molecule has 0 saturated carbocycles. The molecule has 0 aliphatic heterocycles. The minimum absolute atomic E-state index is 0.194. The molecule has 2 rings (SSSR count). The minimum atomic E-state index is -0.430. The van der Waals surface area contributed by atoms with Gasteiger partial charge < -0.3 is 5.11 Å². The van der Waals surface area contributed by atoms with Gasteiger partial charge in [0.2, 0.25) is 0 Å². The van der Waals surface area contributed by atoms with Crippen LogP contribution in [-0.4, -0.2) is 5.11 Å². The molecule has 0 radical (unpaired) electrons. The largest absolute Gasteiger partial charge is 0.392 e. The van der Waals surface area contributed by atoms with Crippen LogP contribution in [0.25, 0.3) is 11.1 Å². The summed E-state index contributed by atoms with van der Waals surface area (Å²) in [5.74, 6) is -0.430. The lowest BCUT2D eigenvalue weighted by Crippen LogP contribution is -1.90. The van der Waals surface area contributed by atoms with Crippen molar-refractivity contribution in [2.75, 3.05) is 0 Å². The van der Waals surface area contributed by atoms with Crippen LogP contribution in [0.2, 0.25) is 10.0 Å². The Labute approximate surface area is 108 Å². The fraction of sp³-hybridized carbons (Fsp3) is 0.0769. The van der Waals surface area contributed by atoms with E-state index < -0.39 is 5.82 Å². The van der Waals surface area contributed by atoms with Gasteiger partial charge in [0.1, 0.15) is 5.82 Å². The van der Waals surface area contributed by atoms with Crippen LogP contribution in [0.1, 0.15) is 5.56 Å². The predicted molar refractivity (Wildman–Crippen MR) is 67.8 cm³/mol. The second-order valence-corrected chi connectivity index (χ2v) is 4.44. The fourth-order valence-electron chi connectivity index (χ4n) is 1.58. The standard InChI is InChI=1S/C13H9Cl2FO/c14-9-2-4-12(15)11(6-9)10-3-1-8(7-17)5-13(10)16/h1-6,17H,7H2. The molecule has 88 valence electrons. The zero-order chi connectivity index (χ0) is 12.4. The number of benzene rings is 2. The molecule has 0 heterocycles. The fourth-order valence-corrected chi connectivity index (χ4v) is 1.97. The molecule has 0 aliphatic carbocycles. The van der Waals surface area contributed by atoms with Crippen molar-refractivity contribution in [2.45, 2.75) is 6.61 Å². The molecule has 0 aromatic heterocycles. The third kappa shape index (κ3) is 2.60. The smallest absolute Gasteiger partial charge is 0.131 e. The molecule has 2 aromatic rings. The summed E-state index contributed by atoms with van der Waals surface area (Å²) >= 11 is 11.9. The number of hydrogen-bond acceptors (Lipinski definition) is 1. The van der Waals surface area contributed by atoms with Crippen LogP contribution < -0.4 is 0 Å². The topological polar surface area (TPSA) is 20.2 Å². The van der Waals surface area contributed by atoms with Gasteiger partial charge in [0.05, 0.1) is 6.61 Å². The maximum atomic E-state index is 13.8. The van der Waals surface area contributed by atoms with Gasteiger partial charge in [0.25, 0.3) is 0 Å². The van der Waals surface area contributed by atoms with E-state index in [1.54, 1.807) is 30.3 Å². The molecule has 0 amide bonds. The first-order chi connectivity index (χ1) is 8.11. The van der Waals surface area contributed by atoms with E-state index in [0.29, 0.717) is 26.7 Å². The highest BCUT2D eigenvalue weighted by Crippen LogP contribution is 2.32. The normalized spacial score (nSPS) is 10.6. The lowest BCUT2D eigenvalue weighted by Gasteiger charge is -2.07. The Kier molecular flexibility index (Phi) is 3.67. The molecule has 0 aliphatic rings. The molecule has 0 unspecified atom stereocenters. The van der Waals surface area contributed by atoms with Crippen molar-refractivity contribution in [3.05, 3.63) is 57.8 Å². The molecule has 2 aromatic carbocycles. The van der Waals surface area contributed by atoms with E-state index in [4.69, 9.17) is 28.3 Å². The first-order valence-electron chi connectivity index (χ1n) is 4.96. The second kappa shape index (κ2) is 5.05. The van der Waals surface area contributed by atoms with Crippen molar-refractivity contribution in [3.63, 3.8) is 0 Å². The highest BCUT2D eigenvalue weighted by molar-refractivity contribution is 6.35. The van der Waals surface area contributed by atoms with Gasteiger partial charge in [-0.05, 0) is 29.8 Å². The highest BCUT2D eigenvalue weighted by atomic mass is 35.5. The quantitative estimate of drug-likeness (QED) is 0.863. The van der Waals surface area contributed by atoms with Crippen LogP contribution in [0.3, 0.4) is 0 Å². The van der Waals surface area contributed by atoms with Crippen molar-refractivity contribution < 1.29 is 9.50 Å². The lowest BCUT2D eigenvalue weighted by atomic mass is 10.0. The van der Waals surface area contributed by atoms with E-state index in [0.717, 1.165) is 0 Å². The third-order valence-corrected chi connectivity index (χ3v) is 3.00. The van der Waals surface area contributed by atoms with Crippen LogP contribution in [0.15, 0.2) is 36.4 Å². The van der Waals surface area contributed by atoms with Crippen molar-refractivity contribution in [3.8, 4) is 11.1 Å². The summed E-state index contributed by atoms with van der Waals surface area (Å²) in [5, 5.41) is 9.84. The van der Waals surface area contributed by atoms with Gasteiger partial charge in [0.15, 0.2) is 0 Å². The Hall–Kier alpha value is -1.09. The van der Waals surface area contributed by atoms with Gasteiger partial charge in [-0.25, -0.2) is 4.39 Å². The Morgan fingerprint density at radius 3 is 2.41 bits per heavy atom. The Bertz CT molecular complexity index is 555. The van der Waals surface area contributed by atoms with Gasteiger partial charge in [-0.15, -0.1) is 0 Å². The van der Waals surface area contributed by atoms with Crippen LogP contribution in [-0.2, 0) is 6.61 Å². The monoisotopic (exact) mass is 270 g/mol. The molecule has 0 bridgehead atoms. The average molecular weight is 271 g/mol. The maximum Gasteiger partial charge on any atom is 0.131 e. The van der Waals surface area contributed by atoms with Gasteiger partial charge >= 0.3 is 0 Å². The van der Waals surface area contributed by atoms with Crippen molar-refractivity contribution in [1.29, 1.82) is 0 Å². The minimum Gasteiger partial charge on any atom is -0.392 e. The summed E-state index contributed by atoms with van der Waals surface area (Å²) in [5.41, 5.74) is 1.43. The first kappa shape index (κ1) is 12.4. The first-order valence-corrected chi connectivity index (χ1v) is 5.72. The van der Waals surface area contributed by atoms with Crippen LogP contribution >= 0.6 is 23.2 Å². The molecule has 4 heteroatoms. The molecule has 0 fully saturated rings. The van der Waals surface area contributed by atoms with E-state index in [2.05, 4.69) is 0 Å². The zero-order valence-corrected chi connectivity index (χ0v) is 10.3. The molecular weight excluding hydrogens is 262 g/mol. The van der Waals surface area contributed by atoms with Crippen molar-refractivity contribution in [1.82, 2.24) is 0 Å². The van der Waals surface area contributed by atoms with Crippen LogP contribution in [0.4, 0.5) is 4.39 Å². The molecule has 0 saturated heterocycles. The maximum absolute atomic E-state index is 13.8. The summed E-state index contributed by atoms with van der Waals surface area (Å²) in [6.45, 7) is -0.194. The van der Waals surface area contributed by atoms with Crippen molar-refractivity contribution in [2.24, 2.45) is 0 Å². The Balaban J connectivity index is 2.56. The number of aliphatic hydroxyl groups excluding tert-OH is 1. The summed E-state index contributed by atoms with van der Waals surface area (Å²) in [6, 6.07) is 9.40. The molecule has 1 nitrogen and oxygen atoms in total. The van der Waals surface area contributed by atoms with Crippen LogP contribution in [0.5, 0.6) is 0 Å². The van der Waals surface area contributed by atoms with E-state index >= 15 is 0 Å². The molecule has 0 atom stereocenters. The zero-order valence-electron chi connectivity index (χ0n) is 8.75. The van der Waals surface area contributed by atoms with Gasteiger partial charge in [-0.3, -0.25) is 0 Å². The number of rotatable bonds is 2. The summed E-state index contributed by atoms with van der Waals surface area (Å²) < 4.78 is 13.8. The van der Waals surface area contributed by atoms with Gasteiger partial charge in [-0.1, -0.05) is 35.3 Å². The summed E-state index contributed by atoms with van der Waals surface area (Å²) in [4.78, 5) is 0. The number of aliphatic hydroxyl groups is 1. The highest BCUT2D eigenvalue weighted by Gasteiger charge is 2.10. The van der Waals surface area contributed by atoms with E-state index in [-0.39, 0.29) is 6.61 Å². The van der Waals surface area contributed by atoms with Gasteiger partial charge in [-0.2, -0.15) is 0 Å². The SMILES string of the molecule is OCc1ccc(-c2cc(Cl)ccc2Cl)c(F)c1. The van der Waals surface area contributed by atoms with E-state index in [9.17, 15) is 4.39 Å². The summed E-state index contributed by atoms with van der Waals surface area (Å²) in [7, 11) is 0.